The molecule has 0 fully saturated rings. The molecule has 0 aliphatic heterocycles. The molecule has 1 aromatic heterocycles. The summed E-state index contributed by atoms with van der Waals surface area (Å²) in [5.41, 5.74) is 1.57. The van der Waals surface area contributed by atoms with Crippen molar-refractivity contribution < 1.29 is 4.39 Å². The molecule has 3 nitrogen and oxygen atoms in total. The van der Waals surface area contributed by atoms with Crippen molar-refractivity contribution in [2.24, 2.45) is 0 Å². The highest BCUT2D eigenvalue weighted by Gasteiger charge is 2.18. The zero-order valence-corrected chi connectivity index (χ0v) is 11.9. The van der Waals surface area contributed by atoms with Crippen LogP contribution in [-0.2, 0) is 6.54 Å². The molecule has 1 atom stereocenters. The summed E-state index contributed by atoms with van der Waals surface area (Å²) in [7, 11) is 1.81. The third-order valence-corrected chi connectivity index (χ3v) is 3.50. The zero-order valence-electron chi connectivity index (χ0n) is 10.3. The Balaban J connectivity index is 2.41. The van der Waals surface area contributed by atoms with Crippen LogP contribution >= 0.6 is 15.9 Å². The van der Waals surface area contributed by atoms with Gasteiger partial charge in [-0.3, -0.25) is 4.68 Å². The van der Waals surface area contributed by atoms with Crippen LogP contribution in [0.3, 0.4) is 0 Å². The van der Waals surface area contributed by atoms with Crippen molar-refractivity contribution in [3.8, 4) is 0 Å². The number of aryl methyl sites for hydroxylation is 1. The van der Waals surface area contributed by atoms with Gasteiger partial charge < -0.3 is 5.32 Å². The lowest BCUT2D eigenvalue weighted by Crippen LogP contribution is -2.18. The number of rotatable bonds is 4. The molecule has 0 bridgehead atoms. The lowest BCUT2D eigenvalue weighted by Gasteiger charge is -2.16. The molecule has 2 rings (SSSR count). The van der Waals surface area contributed by atoms with E-state index < -0.39 is 0 Å². The summed E-state index contributed by atoms with van der Waals surface area (Å²) in [4.78, 5) is 0. The van der Waals surface area contributed by atoms with Crippen LogP contribution in [0.4, 0.5) is 4.39 Å². The topological polar surface area (TPSA) is 29.9 Å². The SMILES string of the molecule is CCn1cc(C(NC)c2cccc(Br)c2F)cn1. The van der Waals surface area contributed by atoms with E-state index in [1.165, 1.54) is 0 Å². The molecule has 1 unspecified atom stereocenters. The summed E-state index contributed by atoms with van der Waals surface area (Å²) in [6.07, 6.45) is 3.70. The van der Waals surface area contributed by atoms with Crippen LogP contribution in [0, 0.1) is 5.82 Å². The van der Waals surface area contributed by atoms with Crippen molar-refractivity contribution in [3.63, 3.8) is 0 Å². The molecule has 0 spiro atoms. The first-order valence-electron chi connectivity index (χ1n) is 5.81. The largest absolute Gasteiger partial charge is 0.309 e. The van der Waals surface area contributed by atoms with Gasteiger partial charge in [-0.05, 0) is 36.0 Å². The van der Waals surface area contributed by atoms with E-state index in [0.717, 1.165) is 12.1 Å². The standard InChI is InChI=1S/C13H15BrFN3/c1-3-18-8-9(7-17-18)13(16-2)10-5-4-6-11(14)12(10)15/h4-8,13,16H,3H2,1-2H3. The number of nitrogens with one attached hydrogen (secondary N) is 1. The van der Waals surface area contributed by atoms with Gasteiger partial charge >= 0.3 is 0 Å². The Hall–Kier alpha value is -1.20. The highest BCUT2D eigenvalue weighted by atomic mass is 79.9. The minimum absolute atomic E-state index is 0.192. The Labute approximate surface area is 114 Å². The second-order valence-corrected chi connectivity index (χ2v) is 4.85. The first kappa shape index (κ1) is 13.2. The van der Waals surface area contributed by atoms with Crippen molar-refractivity contribution in [1.29, 1.82) is 0 Å². The van der Waals surface area contributed by atoms with E-state index in [4.69, 9.17) is 0 Å². The molecule has 0 aliphatic rings. The molecule has 0 saturated heterocycles. The lowest BCUT2D eigenvalue weighted by molar-refractivity contribution is 0.570. The highest BCUT2D eigenvalue weighted by molar-refractivity contribution is 9.10. The predicted molar refractivity (Wildman–Crippen MR) is 72.9 cm³/mol. The van der Waals surface area contributed by atoms with E-state index in [0.29, 0.717) is 10.0 Å². The van der Waals surface area contributed by atoms with Gasteiger partial charge in [-0.15, -0.1) is 0 Å². The molecule has 2 aromatic rings. The molecule has 96 valence electrons. The number of benzene rings is 1. The van der Waals surface area contributed by atoms with Gasteiger partial charge in [-0.25, -0.2) is 4.39 Å². The van der Waals surface area contributed by atoms with E-state index >= 15 is 0 Å². The molecular formula is C13H15BrFN3. The molecular weight excluding hydrogens is 297 g/mol. The Morgan fingerprint density at radius 2 is 2.28 bits per heavy atom. The highest BCUT2D eigenvalue weighted by Crippen LogP contribution is 2.27. The average Bonchev–Trinajstić information content (AvgIpc) is 2.84. The molecule has 1 heterocycles. The van der Waals surface area contributed by atoms with Crippen LogP contribution < -0.4 is 5.32 Å². The fraction of sp³-hybridized carbons (Fsp3) is 0.308. The number of aromatic nitrogens is 2. The van der Waals surface area contributed by atoms with Crippen LogP contribution in [0.5, 0.6) is 0 Å². The molecule has 18 heavy (non-hydrogen) atoms. The monoisotopic (exact) mass is 311 g/mol. The number of halogens is 2. The Kier molecular flexibility index (Phi) is 4.14. The van der Waals surface area contributed by atoms with Gasteiger partial charge in [0.05, 0.1) is 16.7 Å². The summed E-state index contributed by atoms with van der Waals surface area (Å²) >= 11 is 3.21. The van der Waals surface area contributed by atoms with Crippen molar-refractivity contribution in [2.75, 3.05) is 7.05 Å². The fourth-order valence-corrected chi connectivity index (χ4v) is 2.33. The quantitative estimate of drug-likeness (QED) is 0.940. The average molecular weight is 312 g/mol. The number of hydrogen-bond acceptors (Lipinski definition) is 2. The van der Waals surface area contributed by atoms with Crippen LogP contribution in [0.25, 0.3) is 0 Å². The maximum Gasteiger partial charge on any atom is 0.142 e. The molecule has 1 N–H and O–H groups in total. The first-order chi connectivity index (χ1) is 8.67. The number of nitrogens with zero attached hydrogens (tertiary/aromatic N) is 2. The zero-order chi connectivity index (χ0) is 13.1. The Morgan fingerprint density at radius 1 is 1.50 bits per heavy atom. The maximum absolute atomic E-state index is 14.1. The molecule has 1 aromatic carbocycles. The van der Waals surface area contributed by atoms with Gasteiger partial charge in [0.2, 0.25) is 0 Å². The van der Waals surface area contributed by atoms with Crippen LogP contribution in [-0.4, -0.2) is 16.8 Å². The molecule has 5 heteroatoms. The minimum atomic E-state index is -0.235. The Morgan fingerprint density at radius 3 is 2.89 bits per heavy atom. The van der Waals surface area contributed by atoms with E-state index in [1.807, 2.05) is 30.9 Å². The normalized spacial score (nSPS) is 12.7. The van der Waals surface area contributed by atoms with Gasteiger partial charge in [0, 0.05) is 23.9 Å². The van der Waals surface area contributed by atoms with E-state index in [-0.39, 0.29) is 11.9 Å². The van der Waals surface area contributed by atoms with E-state index in [1.54, 1.807) is 18.3 Å². The third-order valence-electron chi connectivity index (χ3n) is 2.89. The predicted octanol–water partition coefficient (Wildman–Crippen LogP) is 3.11. The van der Waals surface area contributed by atoms with E-state index in [2.05, 4.69) is 26.3 Å². The van der Waals surface area contributed by atoms with Crippen molar-refractivity contribution >= 4 is 15.9 Å². The molecule has 0 amide bonds. The van der Waals surface area contributed by atoms with Gasteiger partial charge in [0.1, 0.15) is 5.82 Å². The summed E-state index contributed by atoms with van der Waals surface area (Å²) < 4.78 is 16.4. The molecule has 0 radical (unpaired) electrons. The third kappa shape index (κ3) is 2.47. The molecule has 0 aliphatic carbocycles. The van der Waals surface area contributed by atoms with Crippen molar-refractivity contribution in [3.05, 3.63) is 52.0 Å². The second-order valence-electron chi connectivity index (χ2n) is 3.99. The van der Waals surface area contributed by atoms with Gasteiger partial charge in [0.15, 0.2) is 0 Å². The Bertz CT molecular complexity index is 539. The van der Waals surface area contributed by atoms with E-state index in [9.17, 15) is 4.39 Å². The summed E-state index contributed by atoms with van der Waals surface area (Å²) in [6.45, 7) is 2.82. The smallest absolute Gasteiger partial charge is 0.142 e. The summed E-state index contributed by atoms with van der Waals surface area (Å²) in [5.74, 6) is -0.235. The summed E-state index contributed by atoms with van der Waals surface area (Å²) in [6, 6.07) is 5.12. The van der Waals surface area contributed by atoms with Crippen molar-refractivity contribution in [1.82, 2.24) is 15.1 Å². The van der Waals surface area contributed by atoms with Crippen LogP contribution in [0.1, 0.15) is 24.1 Å². The van der Waals surface area contributed by atoms with Crippen LogP contribution in [0.15, 0.2) is 35.1 Å². The first-order valence-corrected chi connectivity index (χ1v) is 6.60. The minimum Gasteiger partial charge on any atom is -0.309 e. The maximum atomic E-state index is 14.1. The number of hydrogen-bond donors (Lipinski definition) is 1. The summed E-state index contributed by atoms with van der Waals surface area (Å²) in [5, 5.41) is 7.35. The van der Waals surface area contributed by atoms with Crippen molar-refractivity contribution in [2.45, 2.75) is 19.5 Å². The second kappa shape index (κ2) is 5.63. The van der Waals surface area contributed by atoms with Crippen LogP contribution in [0.2, 0.25) is 0 Å². The fourth-order valence-electron chi connectivity index (χ4n) is 1.95. The van der Waals surface area contributed by atoms with Gasteiger partial charge in [0.25, 0.3) is 0 Å². The van der Waals surface area contributed by atoms with Gasteiger partial charge in [-0.2, -0.15) is 5.10 Å². The molecule has 0 saturated carbocycles. The lowest BCUT2D eigenvalue weighted by atomic mass is 10.0. The van der Waals surface area contributed by atoms with Gasteiger partial charge in [-0.1, -0.05) is 12.1 Å².